The molecule has 0 atom stereocenters. The van der Waals surface area contributed by atoms with Crippen LogP contribution >= 0.6 is 0 Å². The number of fused-ring (bicyclic) bond motifs is 2. The Morgan fingerprint density at radius 2 is 1.15 bits per heavy atom. The zero-order chi connectivity index (χ0) is 23.0. The van der Waals surface area contributed by atoms with E-state index in [4.69, 9.17) is 0 Å². The maximum atomic E-state index is 2.40. The smallest absolute Gasteiger partial charge is 0.0149 e. The Kier molecular flexibility index (Phi) is 8.21. The quantitative estimate of drug-likeness (QED) is 0.205. The van der Waals surface area contributed by atoms with Crippen LogP contribution in [0.3, 0.4) is 0 Å². The van der Waals surface area contributed by atoms with Gasteiger partial charge in [0.2, 0.25) is 0 Å². The molecule has 0 fully saturated rings. The van der Waals surface area contributed by atoms with Gasteiger partial charge in [0.15, 0.2) is 0 Å². The first kappa shape index (κ1) is 23.6. The molecule has 172 valence electrons. The molecule has 4 aromatic carbocycles. The number of aryl methyl sites for hydroxylation is 4. The van der Waals surface area contributed by atoms with Gasteiger partial charge in [0.05, 0.1) is 0 Å². The summed E-state index contributed by atoms with van der Waals surface area (Å²) >= 11 is 0. The van der Waals surface area contributed by atoms with Crippen LogP contribution in [0.1, 0.15) is 75.1 Å². The van der Waals surface area contributed by atoms with Crippen molar-refractivity contribution in [2.45, 2.75) is 78.6 Å². The predicted molar refractivity (Wildman–Crippen MR) is 146 cm³/mol. The highest BCUT2D eigenvalue weighted by Crippen LogP contribution is 2.26. The van der Waals surface area contributed by atoms with E-state index in [0.29, 0.717) is 0 Å². The van der Waals surface area contributed by atoms with Crippen LogP contribution in [-0.2, 0) is 25.7 Å². The van der Waals surface area contributed by atoms with Crippen molar-refractivity contribution in [2.24, 2.45) is 5.92 Å². The maximum Gasteiger partial charge on any atom is -0.0149 e. The maximum absolute atomic E-state index is 2.40. The predicted octanol–water partition coefficient (Wildman–Crippen LogP) is 9.49. The Hall–Kier alpha value is -2.60. The van der Waals surface area contributed by atoms with Crippen LogP contribution in [0.2, 0.25) is 0 Å². The highest BCUT2D eigenvalue weighted by atomic mass is 14.1. The van der Waals surface area contributed by atoms with Crippen molar-refractivity contribution in [2.75, 3.05) is 0 Å². The standard InChI is InChI=1S/C33H40/c1-4-10-26-16-19-31-24-27(17-20-30(31)23-26)11-6-5-7-12-28-21-22-29(18-15-25(2)3)33-14-9-8-13-32(28)33/h8-9,13-14,16-17,19-25H,4-7,10-12,15,18H2,1-3H3. The third-order valence-corrected chi connectivity index (χ3v) is 7.02. The van der Waals surface area contributed by atoms with Gasteiger partial charge in [-0.15, -0.1) is 0 Å². The molecule has 0 nitrogen and oxygen atoms in total. The molecule has 0 aliphatic carbocycles. The van der Waals surface area contributed by atoms with E-state index < -0.39 is 0 Å². The van der Waals surface area contributed by atoms with E-state index in [1.165, 1.54) is 102 Å². The molecule has 0 unspecified atom stereocenters. The van der Waals surface area contributed by atoms with Crippen molar-refractivity contribution in [3.8, 4) is 0 Å². The van der Waals surface area contributed by atoms with Crippen molar-refractivity contribution in [3.63, 3.8) is 0 Å². The fraction of sp³-hybridized carbons (Fsp3) is 0.394. The molecule has 4 aromatic rings. The molecule has 0 radical (unpaired) electrons. The van der Waals surface area contributed by atoms with Crippen molar-refractivity contribution >= 4 is 21.5 Å². The number of hydrogen-bond donors (Lipinski definition) is 0. The van der Waals surface area contributed by atoms with Crippen LogP contribution < -0.4 is 0 Å². The van der Waals surface area contributed by atoms with E-state index in [-0.39, 0.29) is 0 Å². The Labute approximate surface area is 201 Å². The molecule has 0 aromatic heterocycles. The van der Waals surface area contributed by atoms with Gasteiger partial charge in [0.1, 0.15) is 0 Å². The van der Waals surface area contributed by atoms with E-state index in [0.717, 1.165) is 5.92 Å². The molecule has 4 rings (SSSR count). The van der Waals surface area contributed by atoms with Crippen LogP contribution in [0.5, 0.6) is 0 Å². The summed E-state index contributed by atoms with van der Waals surface area (Å²) < 4.78 is 0. The summed E-state index contributed by atoms with van der Waals surface area (Å²) in [5, 5.41) is 5.70. The lowest BCUT2D eigenvalue weighted by Gasteiger charge is -2.12. The fourth-order valence-corrected chi connectivity index (χ4v) is 5.07. The Morgan fingerprint density at radius 3 is 1.76 bits per heavy atom. The molecule has 0 N–H and O–H groups in total. The largest absolute Gasteiger partial charge is 0.0651 e. The summed E-state index contributed by atoms with van der Waals surface area (Å²) in [5.74, 6) is 0.754. The zero-order valence-electron chi connectivity index (χ0n) is 20.9. The lowest BCUT2D eigenvalue weighted by molar-refractivity contribution is 0.588. The van der Waals surface area contributed by atoms with Crippen LogP contribution in [0.15, 0.2) is 72.8 Å². The normalized spacial score (nSPS) is 11.6. The minimum absolute atomic E-state index is 0.754. The second-order valence-electron chi connectivity index (χ2n) is 10.2. The van der Waals surface area contributed by atoms with Gasteiger partial charge in [-0.3, -0.25) is 0 Å². The SMILES string of the molecule is CCCc1ccc2cc(CCCCCc3ccc(CCC(C)C)c4ccccc34)ccc2c1. The molecular weight excluding hydrogens is 396 g/mol. The molecule has 33 heavy (non-hydrogen) atoms. The second kappa shape index (κ2) is 11.5. The van der Waals surface area contributed by atoms with E-state index in [1.54, 1.807) is 0 Å². The van der Waals surface area contributed by atoms with Crippen molar-refractivity contribution < 1.29 is 0 Å². The van der Waals surface area contributed by atoms with Crippen molar-refractivity contribution in [3.05, 3.63) is 95.1 Å². The molecule has 0 spiro atoms. The molecule has 0 saturated heterocycles. The number of hydrogen-bond acceptors (Lipinski definition) is 0. The van der Waals surface area contributed by atoms with E-state index >= 15 is 0 Å². The molecule has 0 amide bonds. The van der Waals surface area contributed by atoms with E-state index in [1.807, 2.05) is 0 Å². The minimum atomic E-state index is 0.754. The van der Waals surface area contributed by atoms with Crippen LogP contribution in [0, 0.1) is 5.92 Å². The lowest BCUT2D eigenvalue weighted by Crippen LogP contribution is -1.96. The molecule has 0 bridgehead atoms. The first-order valence-corrected chi connectivity index (χ1v) is 13.1. The minimum Gasteiger partial charge on any atom is -0.0651 e. The summed E-state index contributed by atoms with van der Waals surface area (Å²) in [6, 6.07) is 27.8. The average Bonchev–Trinajstić information content (AvgIpc) is 2.83. The van der Waals surface area contributed by atoms with Gasteiger partial charge < -0.3 is 0 Å². The average molecular weight is 437 g/mol. The zero-order valence-corrected chi connectivity index (χ0v) is 20.9. The highest BCUT2D eigenvalue weighted by Gasteiger charge is 2.07. The van der Waals surface area contributed by atoms with Gasteiger partial charge >= 0.3 is 0 Å². The topological polar surface area (TPSA) is 0 Å². The molecule has 0 aliphatic heterocycles. The van der Waals surface area contributed by atoms with Gasteiger partial charge in [-0.2, -0.15) is 0 Å². The van der Waals surface area contributed by atoms with E-state index in [2.05, 4.69) is 93.6 Å². The van der Waals surface area contributed by atoms with Gasteiger partial charge in [0, 0.05) is 0 Å². The first-order valence-electron chi connectivity index (χ1n) is 13.1. The summed E-state index contributed by atoms with van der Waals surface area (Å²) in [6.07, 6.45) is 11.0. The molecule has 0 aliphatic rings. The third kappa shape index (κ3) is 6.26. The number of rotatable bonds is 11. The summed E-state index contributed by atoms with van der Waals surface area (Å²) in [6.45, 7) is 6.88. The fourth-order valence-electron chi connectivity index (χ4n) is 5.07. The van der Waals surface area contributed by atoms with Crippen LogP contribution in [-0.4, -0.2) is 0 Å². The molecular formula is C33H40. The summed E-state index contributed by atoms with van der Waals surface area (Å²) in [7, 11) is 0. The molecule has 0 saturated carbocycles. The van der Waals surface area contributed by atoms with Gasteiger partial charge in [0.25, 0.3) is 0 Å². The van der Waals surface area contributed by atoms with Crippen molar-refractivity contribution in [1.29, 1.82) is 0 Å². The Balaban J connectivity index is 1.32. The van der Waals surface area contributed by atoms with Gasteiger partial charge in [-0.1, -0.05) is 106 Å². The number of benzene rings is 4. The van der Waals surface area contributed by atoms with Crippen LogP contribution in [0.4, 0.5) is 0 Å². The van der Waals surface area contributed by atoms with Gasteiger partial charge in [-0.05, 0) is 94.7 Å². The van der Waals surface area contributed by atoms with Crippen molar-refractivity contribution in [1.82, 2.24) is 0 Å². The Bertz CT molecular complexity index is 1180. The summed E-state index contributed by atoms with van der Waals surface area (Å²) in [5.41, 5.74) is 5.97. The Morgan fingerprint density at radius 1 is 0.576 bits per heavy atom. The summed E-state index contributed by atoms with van der Waals surface area (Å²) in [4.78, 5) is 0. The van der Waals surface area contributed by atoms with E-state index in [9.17, 15) is 0 Å². The van der Waals surface area contributed by atoms with Crippen LogP contribution in [0.25, 0.3) is 21.5 Å². The highest BCUT2D eigenvalue weighted by molar-refractivity contribution is 5.88. The molecule has 0 heteroatoms. The molecule has 0 heterocycles. The number of unbranched alkanes of at least 4 members (excludes halogenated alkanes) is 2. The first-order chi connectivity index (χ1) is 16.1. The second-order valence-corrected chi connectivity index (χ2v) is 10.2. The van der Waals surface area contributed by atoms with Gasteiger partial charge in [-0.25, -0.2) is 0 Å². The third-order valence-electron chi connectivity index (χ3n) is 7.02. The lowest BCUT2D eigenvalue weighted by atomic mass is 9.92. The monoisotopic (exact) mass is 436 g/mol.